The fraction of sp³-hybridized carbons (Fsp3) is 0.351. The number of pyridine rings is 1. The van der Waals surface area contributed by atoms with Crippen molar-refractivity contribution in [1.29, 1.82) is 5.26 Å². The fourth-order valence-electron chi connectivity index (χ4n) is 5.01. The molecule has 0 radical (unpaired) electrons. The van der Waals surface area contributed by atoms with Crippen molar-refractivity contribution in [3.8, 4) is 34.4 Å². The normalized spacial score (nSPS) is 11.6. The second-order valence-electron chi connectivity index (χ2n) is 11.4. The number of ether oxygens (including phenoxy) is 3. The quantitative estimate of drug-likeness (QED) is 0.0737. The summed E-state index contributed by atoms with van der Waals surface area (Å²) in [7, 11) is 0. The van der Waals surface area contributed by atoms with E-state index in [9.17, 15) is 10.4 Å². The van der Waals surface area contributed by atoms with Gasteiger partial charge in [0.15, 0.2) is 0 Å². The topological polar surface area (TPSA) is 149 Å². The molecule has 0 spiro atoms. The van der Waals surface area contributed by atoms with Crippen molar-refractivity contribution in [1.82, 2.24) is 15.6 Å². The lowest BCUT2D eigenvalue weighted by molar-refractivity contribution is 0.0941. The van der Waals surface area contributed by atoms with E-state index in [2.05, 4.69) is 21.7 Å². The lowest BCUT2D eigenvalue weighted by atomic mass is 9.96. The van der Waals surface area contributed by atoms with Gasteiger partial charge in [-0.05, 0) is 67.7 Å². The number of halogens is 2. The highest BCUT2D eigenvalue weighted by molar-refractivity contribution is 6.35. The first-order chi connectivity index (χ1) is 23.8. The first-order valence-electron chi connectivity index (χ1n) is 16.1. The van der Waals surface area contributed by atoms with E-state index in [-0.39, 0.29) is 33.0 Å². The largest absolute Gasteiger partial charge is 0.492 e. The van der Waals surface area contributed by atoms with Crippen LogP contribution in [0.25, 0.3) is 11.1 Å². The zero-order valence-corrected chi connectivity index (χ0v) is 28.9. The van der Waals surface area contributed by atoms with Crippen LogP contribution in [0.2, 0.25) is 10.0 Å². The number of nitrogens with zero attached hydrogens (tertiary/aromatic N) is 2. The number of nitrogens with one attached hydrogen (secondary N) is 2. The van der Waals surface area contributed by atoms with Crippen molar-refractivity contribution in [2.75, 3.05) is 39.5 Å². The third-order valence-electron chi connectivity index (χ3n) is 7.69. The lowest BCUT2D eigenvalue weighted by Crippen LogP contribution is -2.29. The number of nitriles is 1. The molecule has 260 valence electrons. The molecule has 10 nitrogen and oxygen atoms in total. The Morgan fingerprint density at radius 2 is 1.63 bits per heavy atom. The molecule has 0 amide bonds. The van der Waals surface area contributed by atoms with E-state index in [0.29, 0.717) is 46.0 Å². The van der Waals surface area contributed by atoms with Crippen molar-refractivity contribution in [3.63, 3.8) is 0 Å². The SMILES string of the molecule is Cc1c(COc2cc(OCc3cncc(C#N)c3)c(CNC[C@H](O)CO)cc2Cl)cccc1-c1cccc(OCCCNCCCO)c1Cl. The van der Waals surface area contributed by atoms with E-state index in [1.165, 1.54) is 6.20 Å². The van der Waals surface area contributed by atoms with E-state index in [4.69, 9.17) is 47.6 Å². The minimum absolute atomic E-state index is 0.155. The average Bonchev–Trinajstić information content (AvgIpc) is 3.11. The predicted molar refractivity (Wildman–Crippen MR) is 190 cm³/mol. The summed E-state index contributed by atoms with van der Waals surface area (Å²) in [6.07, 6.45) is 3.75. The maximum absolute atomic E-state index is 9.76. The van der Waals surface area contributed by atoms with Crippen LogP contribution in [0, 0.1) is 18.3 Å². The van der Waals surface area contributed by atoms with Gasteiger partial charge in [0, 0.05) is 54.8 Å². The van der Waals surface area contributed by atoms with Crippen LogP contribution in [0.4, 0.5) is 0 Å². The van der Waals surface area contributed by atoms with E-state index in [0.717, 1.165) is 59.3 Å². The molecular weight excluding hydrogens is 667 g/mol. The number of rotatable bonds is 20. The van der Waals surface area contributed by atoms with Crippen LogP contribution in [-0.2, 0) is 19.8 Å². The molecule has 12 heteroatoms. The number of benzene rings is 3. The van der Waals surface area contributed by atoms with Crippen LogP contribution in [0.1, 0.15) is 40.7 Å². The highest BCUT2D eigenvalue weighted by Gasteiger charge is 2.16. The summed E-state index contributed by atoms with van der Waals surface area (Å²) in [5, 5.41) is 44.4. The van der Waals surface area contributed by atoms with Gasteiger partial charge in [0.05, 0.1) is 34.9 Å². The maximum atomic E-state index is 9.76. The van der Waals surface area contributed by atoms with E-state index in [1.807, 2.05) is 43.3 Å². The Morgan fingerprint density at radius 1 is 0.857 bits per heavy atom. The average molecular weight is 710 g/mol. The van der Waals surface area contributed by atoms with Crippen molar-refractivity contribution in [2.24, 2.45) is 0 Å². The first kappa shape index (κ1) is 37.9. The van der Waals surface area contributed by atoms with Crippen molar-refractivity contribution in [2.45, 2.75) is 45.6 Å². The highest BCUT2D eigenvalue weighted by Crippen LogP contribution is 2.38. The summed E-state index contributed by atoms with van der Waals surface area (Å²) in [6, 6.07) is 19.0. The summed E-state index contributed by atoms with van der Waals surface area (Å²) in [5.74, 6) is 1.54. The molecule has 1 aromatic heterocycles. The van der Waals surface area contributed by atoms with Gasteiger partial charge in [-0.3, -0.25) is 4.98 Å². The van der Waals surface area contributed by atoms with Gasteiger partial charge in [0.2, 0.25) is 0 Å². The van der Waals surface area contributed by atoms with Crippen molar-refractivity contribution < 1.29 is 29.5 Å². The summed E-state index contributed by atoms with van der Waals surface area (Å²) in [5.41, 5.74) is 5.62. The molecule has 4 aromatic rings. The van der Waals surface area contributed by atoms with Gasteiger partial charge in [-0.2, -0.15) is 5.26 Å². The number of aliphatic hydroxyl groups is 3. The smallest absolute Gasteiger partial charge is 0.142 e. The van der Waals surface area contributed by atoms with Gasteiger partial charge in [-0.1, -0.05) is 53.5 Å². The van der Waals surface area contributed by atoms with Crippen molar-refractivity contribution in [3.05, 3.63) is 105 Å². The molecule has 4 rings (SSSR count). The Morgan fingerprint density at radius 3 is 2.43 bits per heavy atom. The molecule has 1 atom stereocenters. The molecule has 0 aliphatic heterocycles. The molecule has 0 fully saturated rings. The van der Waals surface area contributed by atoms with E-state index < -0.39 is 6.10 Å². The minimum atomic E-state index is -0.901. The van der Waals surface area contributed by atoms with Crippen LogP contribution in [0.3, 0.4) is 0 Å². The Hall–Kier alpha value is -3.92. The number of hydrogen-bond donors (Lipinski definition) is 5. The molecule has 0 saturated heterocycles. The Labute approximate surface area is 297 Å². The Balaban J connectivity index is 1.49. The molecule has 0 unspecified atom stereocenters. The molecule has 49 heavy (non-hydrogen) atoms. The molecule has 0 saturated carbocycles. The third-order valence-corrected chi connectivity index (χ3v) is 8.37. The Kier molecular flexibility index (Phi) is 15.4. The minimum Gasteiger partial charge on any atom is -0.492 e. The summed E-state index contributed by atoms with van der Waals surface area (Å²) in [4.78, 5) is 4.10. The first-order valence-corrected chi connectivity index (χ1v) is 16.8. The zero-order valence-electron chi connectivity index (χ0n) is 27.4. The highest BCUT2D eigenvalue weighted by atomic mass is 35.5. The summed E-state index contributed by atoms with van der Waals surface area (Å²) < 4.78 is 18.4. The molecule has 0 bridgehead atoms. The zero-order chi connectivity index (χ0) is 35.0. The van der Waals surface area contributed by atoms with E-state index in [1.54, 1.807) is 24.4 Å². The fourth-order valence-corrected chi connectivity index (χ4v) is 5.53. The van der Waals surface area contributed by atoms with Crippen LogP contribution in [-0.4, -0.2) is 65.9 Å². The van der Waals surface area contributed by atoms with Crippen LogP contribution >= 0.6 is 23.2 Å². The molecule has 0 aliphatic carbocycles. The lowest BCUT2D eigenvalue weighted by Gasteiger charge is -2.18. The van der Waals surface area contributed by atoms with Gasteiger partial charge >= 0.3 is 0 Å². The van der Waals surface area contributed by atoms with Crippen LogP contribution in [0.5, 0.6) is 17.2 Å². The molecule has 1 heterocycles. The van der Waals surface area contributed by atoms with E-state index >= 15 is 0 Å². The predicted octanol–water partition coefficient (Wildman–Crippen LogP) is 5.58. The second-order valence-corrected chi connectivity index (χ2v) is 12.2. The third kappa shape index (κ3) is 11.3. The molecule has 5 N–H and O–H groups in total. The van der Waals surface area contributed by atoms with Gasteiger partial charge < -0.3 is 40.2 Å². The summed E-state index contributed by atoms with van der Waals surface area (Å²) in [6.45, 7) is 4.78. The van der Waals surface area contributed by atoms with Gasteiger partial charge in [-0.15, -0.1) is 0 Å². The standard InChI is InChI=1S/C37H42Cl2N4O6/c1-25-28(6-2-7-31(25)32-8-3-9-34(37(32)39)47-13-5-11-41-10-4-12-44)24-49-36-16-35(48-23-27-14-26(17-40)18-42-19-27)29(15-33(36)38)20-43-21-30(46)22-45/h2-3,6-9,14-16,18-19,30,41,43-46H,4-5,10-13,20-24H2,1H3/t30-/m0/s1. The number of hydrogen-bond acceptors (Lipinski definition) is 10. The van der Waals surface area contributed by atoms with Crippen LogP contribution in [0.15, 0.2) is 67.0 Å². The van der Waals surface area contributed by atoms with Crippen molar-refractivity contribution >= 4 is 23.2 Å². The maximum Gasteiger partial charge on any atom is 0.142 e. The molecular formula is C37H42Cl2N4O6. The van der Waals surface area contributed by atoms with Gasteiger partial charge in [0.25, 0.3) is 0 Å². The number of aromatic nitrogens is 1. The summed E-state index contributed by atoms with van der Waals surface area (Å²) >= 11 is 13.5. The Bertz CT molecular complexity index is 1700. The monoisotopic (exact) mass is 708 g/mol. The van der Waals surface area contributed by atoms with Gasteiger partial charge in [-0.25, -0.2) is 0 Å². The van der Waals surface area contributed by atoms with Crippen LogP contribution < -0.4 is 24.8 Å². The molecule has 0 aliphatic rings. The van der Waals surface area contributed by atoms with Gasteiger partial charge in [0.1, 0.15) is 36.5 Å². The molecule has 3 aromatic carbocycles. The second kappa shape index (κ2) is 19.9. The number of aliphatic hydroxyl groups excluding tert-OH is 3.